The average molecular weight is 349 g/mol. The summed E-state index contributed by atoms with van der Waals surface area (Å²) in [6.45, 7) is 7.46. The van der Waals surface area contributed by atoms with Crippen molar-refractivity contribution in [2.45, 2.75) is 26.7 Å². The van der Waals surface area contributed by atoms with Gasteiger partial charge in [-0.15, -0.1) is 0 Å². The Morgan fingerprint density at radius 3 is 2.40 bits per heavy atom. The minimum Gasteiger partial charge on any atom is -0.493 e. The van der Waals surface area contributed by atoms with E-state index in [1.54, 1.807) is 21.3 Å². The van der Waals surface area contributed by atoms with E-state index in [4.69, 9.17) is 14.2 Å². The number of guanidine groups is 1. The van der Waals surface area contributed by atoms with Crippen molar-refractivity contribution in [2.24, 2.45) is 10.4 Å². The van der Waals surface area contributed by atoms with Gasteiger partial charge in [0.05, 0.1) is 21.3 Å². The Kier molecular flexibility index (Phi) is 6.39. The maximum absolute atomic E-state index is 5.55. The summed E-state index contributed by atoms with van der Waals surface area (Å²) in [6, 6.07) is 3.93. The van der Waals surface area contributed by atoms with Crippen molar-refractivity contribution >= 4 is 5.96 Å². The van der Waals surface area contributed by atoms with Crippen molar-refractivity contribution < 1.29 is 14.2 Å². The number of aliphatic imine (C=N–C) groups is 1. The summed E-state index contributed by atoms with van der Waals surface area (Å²) in [5, 5.41) is 3.46. The van der Waals surface area contributed by atoms with Crippen LogP contribution < -0.4 is 19.5 Å². The van der Waals surface area contributed by atoms with Gasteiger partial charge < -0.3 is 24.4 Å². The predicted octanol–water partition coefficient (Wildman–Crippen LogP) is 2.56. The van der Waals surface area contributed by atoms with Gasteiger partial charge in [0.25, 0.3) is 0 Å². The van der Waals surface area contributed by atoms with Crippen LogP contribution in [0.2, 0.25) is 0 Å². The van der Waals surface area contributed by atoms with Crippen LogP contribution in [0.5, 0.6) is 17.2 Å². The quantitative estimate of drug-likeness (QED) is 0.632. The molecule has 2 rings (SSSR count). The molecule has 0 unspecified atom stereocenters. The molecule has 1 aliphatic heterocycles. The zero-order chi connectivity index (χ0) is 18.4. The van der Waals surface area contributed by atoms with Crippen molar-refractivity contribution in [1.82, 2.24) is 10.2 Å². The Bertz CT molecular complexity index is 614. The van der Waals surface area contributed by atoms with E-state index in [1.165, 1.54) is 6.42 Å². The van der Waals surface area contributed by atoms with Gasteiger partial charge in [-0.2, -0.15) is 0 Å². The van der Waals surface area contributed by atoms with Gasteiger partial charge in [0, 0.05) is 32.2 Å². The number of hydrogen-bond acceptors (Lipinski definition) is 4. The first-order chi connectivity index (χ1) is 12.0. The summed E-state index contributed by atoms with van der Waals surface area (Å²) in [5.41, 5.74) is 1.43. The fraction of sp³-hybridized carbons (Fsp3) is 0.632. The highest BCUT2D eigenvalue weighted by Crippen LogP contribution is 2.39. The first kappa shape index (κ1) is 19.2. The van der Waals surface area contributed by atoms with E-state index in [1.807, 2.05) is 19.2 Å². The number of likely N-dealkylation sites (tertiary alicyclic amines) is 1. The van der Waals surface area contributed by atoms with Crippen LogP contribution in [0, 0.1) is 5.41 Å². The lowest BCUT2D eigenvalue weighted by molar-refractivity contribution is 0.322. The first-order valence-corrected chi connectivity index (χ1v) is 8.69. The molecule has 0 bridgehead atoms. The molecule has 1 N–H and O–H groups in total. The Labute approximate surface area is 151 Å². The molecule has 6 heteroatoms. The fourth-order valence-corrected chi connectivity index (χ4v) is 3.29. The third-order valence-corrected chi connectivity index (χ3v) is 4.65. The van der Waals surface area contributed by atoms with Crippen LogP contribution in [0.4, 0.5) is 0 Å². The van der Waals surface area contributed by atoms with E-state index in [2.05, 4.69) is 29.1 Å². The summed E-state index contributed by atoms with van der Waals surface area (Å²) in [4.78, 5) is 6.75. The van der Waals surface area contributed by atoms with E-state index >= 15 is 0 Å². The van der Waals surface area contributed by atoms with Gasteiger partial charge in [-0.3, -0.25) is 4.99 Å². The molecule has 0 atom stereocenters. The molecule has 1 fully saturated rings. The molecular formula is C19H31N3O3. The lowest BCUT2D eigenvalue weighted by Gasteiger charge is -2.24. The highest BCUT2D eigenvalue weighted by Gasteiger charge is 2.30. The largest absolute Gasteiger partial charge is 0.493 e. The van der Waals surface area contributed by atoms with Crippen molar-refractivity contribution in [3.8, 4) is 17.2 Å². The van der Waals surface area contributed by atoms with Gasteiger partial charge in [0.2, 0.25) is 5.75 Å². The molecule has 0 aliphatic carbocycles. The SMILES string of the molecule is CN=C(NCCc1ccc(OC)c(OC)c1OC)N1CCC(C)(C)C1. The molecule has 1 saturated heterocycles. The maximum Gasteiger partial charge on any atom is 0.203 e. The number of methoxy groups -OCH3 is 3. The van der Waals surface area contributed by atoms with E-state index in [0.717, 1.165) is 43.3 Å². The summed E-state index contributed by atoms with van der Waals surface area (Å²) in [7, 11) is 6.74. The summed E-state index contributed by atoms with van der Waals surface area (Å²) in [6.07, 6.45) is 2.00. The van der Waals surface area contributed by atoms with Gasteiger partial charge in [0.15, 0.2) is 17.5 Å². The van der Waals surface area contributed by atoms with Crippen molar-refractivity contribution in [3.63, 3.8) is 0 Å². The lowest BCUT2D eigenvalue weighted by atomic mass is 9.93. The number of nitrogens with zero attached hydrogens (tertiary/aromatic N) is 2. The zero-order valence-corrected chi connectivity index (χ0v) is 16.3. The Morgan fingerprint density at radius 2 is 1.88 bits per heavy atom. The third-order valence-electron chi connectivity index (χ3n) is 4.65. The van der Waals surface area contributed by atoms with Crippen LogP contribution in [0.3, 0.4) is 0 Å². The van der Waals surface area contributed by atoms with Gasteiger partial charge in [0.1, 0.15) is 0 Å². The monoisotopic (exact) mass is 349 g/mol. The van der Waals surface area contributed by atoms with Crippen LogP contribution in [0.1, 0.15) is 25.8 Å². The Hall–Kier alpha value is -2.11. The van der Waals surface area contributed by atoms with E-state index in [9.17, 15) is 0 Å². The van der Waals surface area contributed by atoms with Crippen molar-refractivity contribution in [1.29, 1.82) is 0 Å². The molecule has 6 nitrogen and oxygen atoms in total. The van der Waals surface area contributed by atoms with Crippen LogP contribution in [-0.2, 0) is 6.42 Å². The van der Waals surface area contributed by atoms with Crippen LogP contribution in [-0.4, -0.2) is 58.9 Å². The molecule has 0 spiro atoms. The number of hydrogen-bond donors (Lipinski definition) is 1. The smallest absolute Gasteiger partial charge is 0.203 e. The summed E-state index contributed by atoms with van der Waals surface area (Å²) >= 11 is 0. The van der Waals surface area contributed by atoms with E-state index in [-0.39, 0.29) is 0 Å². The highest BCUT2D eigenvalue weighted by atomic mass is 16.5. The molecule has 140 valence electrons. The summed E-state index contributed by atoms with van der Waals surface area (Å²) < 4.78 is 16.3. The van der Waals surface area contributed by atoms with E-state index < -0.39 is 0 Å². The number of benzene rings is 1. The van der Waals surface area contributed by atoms with E-state index in [0.29, 0.717) is 16.9 Å². The van der Waals surface area contributed by atoms with Crippen LogP contribution in [0.15, 0.2) is 17.1 Å². The zero-order valence-electron chi connectivity index (χ0n) is 16.3. The second kappa shape index (κ2) is 8.32. The third kappa shape index (κ3) is 4.50. The minimum absolute atomic E-state index is 0.351. The number of nitrogens with one attached hydrogen (secondary N) is 1. The Balaban J connectivity index is 2.01. The lowest BCUT2D eigenvalue weighted by Crippen LogP contribution is -2.41. The number of ether oxygens (including phenoxy) is 3. The highest BCUT2D eigenvalue weighted by molar-refractivity contribution is 5.80. The van der Waals surface area contributed by atoms with Crippen molar-refractivity contribution in [3.05, 3.63) is 17.7 Å². The Morgan fingerprint density at radius 1 is 1.16 bits per heavy atom. The molecule has 25 heavy (non-hydrogen) atoms. The fourth-order valence-electron chi connectivity index (χ4n) is 3.29. The normalized spacial score (nSPS) is 16.7. The standard InChI is InChI=1S/C19H31N3O3/c1-19(2)10-12-22(13-19)18(20-3)21-11-9-14-7-8-15(23-4)17(25-6)16(14)24-5/h7-8H,9-13H2,1-6H3,(H,20,21). The molecule has 0 aromatic heterocycles. The second-order valence-electron chi connectivity index (χ2n) is 7.05. The van der Waals surface area contributed by atoms with Crippen molar-refractivity contribution in [2.75, 3.05) is 48.0 Å². The molecule has 0 amide bonds. The van der Waals surface area contributed by atoms with Gasteiger partial charge >= 0.3 is 0 Å². The number of rotatable bonds is 6. The molecule has 1 aromatic carbocycles. The predicted molar refractivity (Wildman–Crippen MR) is 101 cm³/mol. The molecule has 1 heterocycles. The molecule has 0 saturated carbocycles. The van der Waals surface area contributed by atoms with Gasteiger partial charge in [-0.1, -0.05) is 19.9 Å². The minimum atomic E-state index is 0.351. The van der Waals surface area contributed by atoms with Crippen LogP contribution in [0.25, 0.3) is 0 Å². The second-order valence-corrected chi connectivity index (χ2v) is 7.05. The van der Waals surface area contributed by atoms with Gasteiger partial charge in [-0.25, -0.2) is 0 Å². The topological polar surface area (TPSA) is 55.3 Å². The summed E-state index contributed by atoms with van der Waals surface area (Å²) in [5.74, 6) is 2.99. The van der Waals surface area contributed by atoms with Crippen LogP contribution >= 0.6 is 0 Å². The maximum atomic E-state index is 5.55. The first-order valence-electron chi connectivity index (χ1n) is 8.69. The molecule has 1 aromatic rings. The van der Waals surface area contributed by atoms with Gasteiger partial charge in [-0.05, 0) is 24.3 Å². The molecular weight excluding hydrogens is 318 g/mol. The molecule has 0 radical (unpaired) electrons. The molecule has 1 aliphatic rings. The average Bonchev–Trinajstić information content (AvgIpc) is 2.97.